The van der Waals surface area contributed by atoms with Crippen LogP contribution in [0.1, 0.15) is 12.8 Å². The molecule has 4 rings (SSSR count). The van der Waals surface area contributed by atoms with Gasteiger partial charge in [0, 0.05) is 29.8 Å². The van der Waals surface area contributed by atoms with Crippen LogP contribution in [0.25, 0.3) is 22.2 Å². The Morgan fingerprint density at radius 1 is 1.18 bits per heavy atom. The molecule has 9 heteroatoms. The smallest absolute Gasteiger partial charge is 0.277 e. The maximum absolute atomic E-state index is 13.2. The van der Waals surface area contributed by atoms with Crippen LogP contribution >= 0.6 is 23.2 Å². The van der Waals surface area contributed by atoms with Gasteiger partial charge in [-0.2, -0.15) is 0 Å². The minimum absolute atomic E-state index is 0.0504. The predicted octanol–water partition coefficient (Wildman–Crippen LogP) is 3.77. The zero-order valence-corrected chi connectivity index (χ0v) is 16.8. The summed E-state index contributed by atoms with van der Waals surface area (Å²) in [5, 5.41) is 1.15. The van der Waals surface area contributed by atoms with Crippen molar-refractivity contribution in [2.45, 2.75) is 19.4 Å². The second-order valence-corrected chi connectivity index (χ2v) is 7.46. The van der Waals surface area contributed by atoms with Crippen LogP contribution in [-0.4, -0.2) is 28.8 Å². The van der Waals surface area contributed by atoms with Gasteiger partial charge in [0.05, 0.1) is 30.0 Å². The Morgan fingerprint density at radius 3 is 2.39 bits per heavy atom. The van der Waals surface area contributed by atoms with Crippen LogP contribution in [0, 0.1) is 5.92 Å². The first-order valence-electron chi connectivity index (χ1n) is 8.71. The summed E-state index contributed by atoms with van der Waals surface area (Å²) in [6.07, 6.45) is 3.65. The third-order valence-corrected chi connectivity index (χ3v) is 5.58. The third kappa shape index (κ3) is 3.14. The molecule has 2 N–H and O–H groups in total. The van der Waals surface area contributed by atoms with Crippen molar-refractivity contribution < 1.29 is 9.47 Å². The summed E-state index contributed by atoms with van der Waals surface area (Å²) in [6, 6.07) is 3.41. The lowest BCUT2D eigenvalue weighted by Crippen LogP contribution is -2.24. The van der Waals surface area contributed by atoms with Crippen molar-refractivity contribution in [3.63, 3.8) is 0 Å². The minimum atomic E-state index is -0.262. The Morgan fingerprint density at radius 2 is 1.82 bits per heavy atom. The zero-order chi connectivity index (χ0) is 20.0. The zero-order valence-electron chi connectivity index (χ0n) is 15.3. The Balaban J connectivity index is 2.08. The van der Waals surface area contributed by atoms with E-state index in [0.29, 0.717) is 50.7 Å². The largest absolute Gasteiger partial charge is 0.495 e. The van der Waals surface area contributed by atoms with Crippen LogP contribution < -0.4 is 20.8 Å². The third-order valence-electron chi connectivity index (χ3n) is 4.83. The fourth-order valence-corrected chi connectivity index (χ4v) is 3.90. The van der Waals surface area contributed by atoms with Crippen LogP contribution in [0.3, 0.4) is 0 Å². The molecule has 146 valence electrons. The van der Waals surface area contributed by atoms with E-state index in [-0.39, 0.29) is 17.0 Å². The molecule has 0 bridgehead atoms. The number of halogens is 2. The molecule has 0 amide bonds. The molecule has 0 radical (unpaired) electrons. The number of aromatic nitrogens is 3. The molecule has 2 heterocycles. The molecule has 0 aliphatic heterocycles. The number of benzene rings is 1. The van der Waals surface area contributed by atoms with E-state index in [1.54, 1.807) is 16.7 Å². The summed E-state index contributed by atoms with van der Waals surface area (Å²) < 4.78 is 12.4. The van der Waals surface area contributed by atoms with Crippen LogP contribution in [0.5, 0.6) is 11.5 Å². The van der Waals surface area contributed by atoms with Gasteiger partial charge in [-0.05, 0) is 24.8 Å². The number of hydrogen-bond donors (Lipinski definition) is 1. The van der Waals surface area contributed by atoms with Crippen molar-refractivity contribution in [1.82, 2.24) is 14.5 Å². The van der Waals surface area contributed by atoms with E-state index in [4.69, 9.17) is 38.4 Å². The summed E-state index contributed by atoms with van der Waals surface area (Å²) in [5.41, 5.74) is 6.71. The molecule has 28 heavy (non-hydrogen) atoms. The lowest BCUT2D eigenvalue weighted by atomic mass is 10.1. The SMILES string of the molecule is COc1cc(OC)c(Cl)c(-c2cc3cnc(N)nc3c(=O)n2CC2CC2)c1Cl. The summed E-state index contributed by atoms with van der Waals surface area (Å²) >= 11 is 13.2. The number of fused-ring (bicyclic) bond motifs is 1. The van der Waals surface area contributed by atoms with Gasteiger partial charge in [0.15, 0.2) is 0 Å². The number of nitrogens with zero attached hydrogens (tertiary/aromatic N) is 3. The lowest BCUT2D eigenvalue weighted by molar-refractivity contribution is 0.395. The quantitative estimate of drug-likeness (QED) is 0.674. The number of nitrogens with two attached hydrogens (primary N) is 1. The van der Waals surface area contributed by atoms with E-state index >= 15 is 0 Å². The highest BCUT2D eigenvalue weighted by atomic mass is 35.5. The molecule has 7 nitrogen and oxygen atoms in total. The first kappa shape index (κ1) is 18.8. The number of methoxy groups -OCH3 is 2. The van der Waals surface area contributed by atoms with E-state index in [0.717, 1.165) is 12.8 Å². The molecule has 0 spiro atoms. The van der Waals surface area contributed by atoms with Gasteiger partial charge in [0.1, 0.15) is 17.0 Å². The van der Waals surface area contributed by atoms with Gasteiger partial charge in [0.25, 0.3) is 5.56 Å². The number of pyridine rings is 1. The van der Waals surface area contributed by atoms with Crippen molar-refractivity contribution >= 4 is 40.1 Å². The standard InChI is InChI=1S/C19H18Cl2N4O3/c1-27-12-6-13(28-2)16(21)14(15(12)20)11-5-10-7-23-19(22)24-17(10)18(26)25(11)8-9-3-4-9/h5-7,9H,3-4,8H2,1-2H3,(H2,22,23,24). The van der Waals surface area contributed by atoms with Crippen molar-refractivity contribution in [1.29, 1.82) is 0 Å². The maximum Gasteiger partial charge on any atom is 0.277 e. The molecule has 2 aromatic heterocycles. The monoisotopic (exact) mass is 420 g/mol. The molecule has 0 saturated heterocycles. The average Bonchev–Trinajstić information content (AvgIpc) is 3.50. The first-order valence-corrected chi connectivity index (χ1v) is 9.46. The van der Waals surface area contributed by atoms with Gasteiger partial charge in [-0.25, -0.2) is 9.97 Å². The Hall–Kier alpha value is -2.51. The molecule has 1 fully saturated rings. The molecule has 1 aliphatic rings. The van der Waals surface area contributed by atoms with E-state index in [9.17, 15) is 4.79 Å². The first-order chi connectivity index (χ1) is 13.4. The van der Waals surface area contributed by atoms with Crippen LogP contribution in [-0.2, 0) is 6.54 Å². The number of rotatable bonds is 5. The Kier molecular flexibility index (Phi) is 4.81. The van der Waals surface area contributed by atoms with Crippen LogP contribution in [0.4, 0.5) is 5.95 Å². The lowest BCUT2D eigenvalue weighted by Gasteiger charge is -2.19. The molecular formula is C19H18Cl2N4O3. The van der Waals surface area contributed by atoms with E-state index < -0.39 is 0 Å². The van der Waals surface area contributed by atoms with Gasteiger partial charge in [-0.3, -0.25) is 4.79 Å². The highest BCUT2D eigenvalue weighted by molar-refractivity contribution is 6.41. The molecule has 0 unspecified atom stereocenters. The second kappa shape index (κ2) is 7.14. The predicted molar refractivity (Wildman–Crippen MR) is 109 cm³/mol. The van der Waals surface area contributed by atoms with Crippen molar-refractivity contribution in [2.75, 3.05) is 20.0 Å². The highest BCUT2D eigenvalue weighted by Crippen LogP contribution is 2.46. The molecule has 1 aromatic carbocycles. The van der Waals surface area contributed by atoms with Crippen molar-refractivity contribution in [3.05, 3.63) is 38.7 Å². The number of nitrogen functional groups attached to an aromatic ring is 1. The highest BCUT2D eigenvalue weighted by Gasteiger charge is 2.27. The fourth-order valence-electron chi connectivity index (χ4n) is 3.20. The van der Waals surface area contributed by atoms with E-state index in [1.807, 2.05) is 0 Å². The number of ether oxygens (including phenoxy) is 2. The molecule has 3 aromatic rings. The van der Waals surface area contributed by atoms with Gasteiger partial charge in [-0.15, -0.1) is 0 Å². The maximum atomic E-state index is 13.2. The number of hydrogen-bond acceptors (Lipinski definition) is 6. The van der Waals surface area contributed by atoms with Crippen molar-refractivity contribution in [2.24, 2.45) is 5.92 Å². The topological polar surface area (TPSA) is 92.3 Å². The average molecular weight is 421 g/mol. The van der Waals surface area contributed by atoms with E-state index in [1.165, 1.54) is 20.4 Å². The number of anilines is 1. The van der Waals surface area contributed by atoms with Gasteiger partial charge in [0.2, 0.25) is 5.95 Å². The van der Waals surface area contributed by atoms with Gasteiger partial charge >= 0.3 is 0 Å². The normalized spacial score (nSPS) is 13.7. The Bertz CT molecular complexity index is 1110. The summed E-state index contributed by atoms with van der Waals surface area (Å²) in [4.78, 5) is 21.4. The fraction of sp³-hybridized carbons (Fsp3) is 0.316. The molecule has 1 aliphatic carbocycles. The van der Waals surface area contributed by atoms with Gasteiger partial charge in [-0.1, -0.05) is 23.2 Å². The molecular weight excluding hydrogens is 403 g/mol. The summed E-state index contributed by atoms with van der Waals surface area (Å²) in [5.74, 6) is 1.28. The van der Waals surface area contributed by atoms with Gasteiger partial charge < -0.3 is 19.8 Å². The van der Waals surface area contributed by atoms with E-state index in [2.05, 4.69) is 9.97 Å². The summed E-state index contributed by atoms with van der Waals surface area (Å²) in [6.45, 7) is 0.542. The van der Waals surface area contributed by atoms with Crippen LogP contribution in [0.15, 0.2) is 23.1 Å². The summed E-state index contributed by atoms with van der Waals surface area (Å²) in [7, 11) is 3.01. The second-order valence-electron chi connectivity index (χ2n) is 6.70. The van der Waals surface area contributed by atoms with Crippen LogP contribution in [0.2, 0.25) is 10.0 Å². The van der Waals surface area contributed by atoms with Crippen molar-refractivity contribution in [3.8, 4) is 22.8 Å². The molecule has 0 atom stereocenters. The minimum Gasteiger partial charge on any atom is -0.495 e. The Labute approximate surface area is 171 Å². The molecule has 1 saturated carbocycles.